The maximum Gasteiger partial charge on any atom is 0.0594 e. The Morgan fingerprint density at radius 1 is 1.28 bits per heavy atom. The number of aryl methyl sites for hydroxylation is 1. The lowest BCUT2D eigenvalue weighted by Crippen LogP contribution is -2.40. The third-order valence-corrected chi connectivity index (χ3v) is 3.64. The minimum atomic E-state index is 0.423. The first-order valence-corrected chi connectivity index (χ1v) is 6.86. The molecule has 0 spiro atoms. The summed E-state index contributed by atoms with van der Waals surface area (Å²) in [6.45, 7) is 10.5. The van der Waals surface area contributed by atoms with Crippen molar-refractivity contribution >= 4 is 0 Å². The third kappa shape index (κ3) is 3.80. The van der Waals surface area contributed by atoms with Gasteiger partial charge in [-0.05, 0) is 25.0 Å². The molecular formula is C15H24N2O. The Balaban J connectivity index is 1.74. The number of nitrogens with one attached hydrogen (secondary N) is 1. The monoisotopic (exact) mass is 248 g/mol. The van der Waals surface area contributed by atoms with E-state index in [9.17, 15) is 0 Å². The van der Waals surface area contributed by atoms with Gasteiger partial charge in [0.1, 0.15) is 0 Å². The predicted octanol–water partition coefficient (Wildman–Crippen LogP) is 1.98. The lowest BCUT2D eigenvalue weighted by Gasteiger charge is -2.27. The fourth-order valence-electron chi connectivity index (χ4n) is 2.45. The molecule has 1 aliphatic rings. The van der Waals surface area contributed by atoms with Crippen LogP contribution in [-0.4, -0.2) is 44.3 Å². The van der Waals surface area contributed by atoms with E-state index in [1.165, 1.54) is 11.1 Å². The van der Waals surface area contributed by atoms with Gasteiger partial charge in [-0.15, -0.1) is 0 Å². The van der Waals surface area contributed by atoms with E-state index in [-0.39, 0.29) is 0 Å². The number of nitrogens with zero attached hydrogens (tertiary/aromatic N) is 1. The highest BCUT2D eigenvalue weighted by molar-refractivity contribution is 5.28. The lowest BCUT2D eigenvalue weighted by molar-refractivity contribution is 0.0382. The number of ether oxygens (including phenoxy) is 1. The molecule has 1 aromatic rings. The van der Waals surface area contributed by atoms with Crippen molar-refractivity contribution in [1.82, 2.24) is 10.2 Å². The molecule has 0 bridgehead atoms. The Bertz CT molecular complexity index is 361. The molecule has 1 aromatic carbocycles. The van der Waals surface area contributed by atoms with E-state index in [0.29, 0.717) is 6.04 Å². The van der Waals surface area contributed by atoms with Crippen LogP contribution in [0.4, 0.5) is 0 Å². The maximum atomic E-state index is 5.35. The van der Waals surface area contributed by atoms with Crippen molar-refractivity contribution in [3.63, 3.8) is 0 Å². The van der Waals surface area contributed by atoms with Gasteiger partial charge in [-0.2, -0.15) is 0 Å². The molecule has 0 aliphatic carbocycles. The van der Waals surface area contributed by atoms with E-state index < -0.39 is 0 Å². The first kappa shape index (κ1) is 13.5. The molecule has 100 valence electrons. The molecule has 2 rings (SSSR count). The smallest absolute Gasteiger partial charge is 0.0594 e. The second-order valence-corrected chi connectivity index (χ2v) is 4.99. The zero-order valence-electron chi connectivity index (χ0n) is 11.5. The molecule has 1 saturated heterocycles. The highest BCUT2D eigenvalue weighted by Gasteiger charge is 2.11. The van der Waals surface area contributed by atoms with Crippen LogP contribution in [0.15, 0.2) is 24.3 Å². The summed E-state index contributed by atoms with van der Waals surface area (Å²) in [5.41, 5.74) is 2.77. The molecule has 1 heterocycles. The average molecular weight is 248 g/mol. The van der Waals surface area contributed by atoms with Gasteiger partial charge in [-0.3, -0.25) is 4.90 Å². The van der Waals surface area contributed by atoms with Gasteiger partial charge in [0, 0.05) is 32.2 Å². The molecule has 3 nitrogen and oxygen atoms in total. The summed E-state index contributed by atoms with van der Waals surface area (Å²) in [6.07, 6.45) is 0. The Kier molecular flexibility index (Phi) is 5.17. The number of hydrogen-bond acceptors (Lipinski definition) is 3. The Hall–Kier alpha value is -0.900. The molecule has 0 aromatic heterocycles. The van der Waals surface area contributed by atoms with Gasteiger partial charge in [-0.1, -0.05) is 24.3 Å². The zero-order valence-corrected chi connectivity index (χ0v) is 11.5. The Labute approximate surface area is 110 Å². The van der Waals surface area contributed by atoms with E-state index in [1.54, 1.807) is 0 Å². The molecule has 1 N–H and O–H groups in total. The number of rotatable bonds is 5. The largest absolute Gasteiger partial charge is 0.379 e. The first-order valence-electron chi connectivity index (χ1n) is 6.86. The SMILES string of the molecule is Cc1ccccc1[C@H](C)NCCN1CCOCC1. The van der Waals surface area contributed by atoms with Crippen molar-refractivity contribution in [2.24, 2.45) is 0 Å². The van der Waals surface area contributed by atoms with Gasteiger partial charge in [0.25, 0.3) is 0 Å². The normalized spacial score (nSPS) is 18.8. The van der Waals surface area contributed by atoms with Crippen molar-refractivity contribution in [2.75, 3.05) is 39.4 Å². The summed E-state index contributed by atoms with van der Waals surface area (Å²) >= 11 is 0. The first-order chi connectivity index (χ1) is 8.77. The molecular weight excluding hydrogens is 224 g/mol. The highest BCUT2D eigenvalue weighted by Crippen LogP contribution is 2.16. The third-order valence-electron chi connectivity index (χ3n) is 3.64. The maximum absolute atomic E-state index is 5.35. The molecule has 1 fully saturated rings. The fourth-order valence-corrected chi connectivity index (χ4v) is 2.45. The van der Waals surface area contributed by atoms with E-state index in [2.05, 4.69) is 48.3 Å². The molecule has 1 aliphatic heterocycles. The number of morpholine rings is 1. The summed E-state index contributed by atoms with van der Waals surface area (Å²) in [7, 11) is 0. The van der Waals surface area contributed by atoms with Gasteiger partial charge in [0.05, 0.1) is 13.2 Å². The van der Waals surface area contributed by atoms with Crippen LogP contribution < -0.4 is 5.32 Å². The average Bonchev–Trinajstić information content (AvgIpc) is 2.40. The topological polar surface area (TPSA) is 24.5 Å². The molecule has 3 heteroatoms. The fraction of sp³-hybridized carbons (Fsp3) is 0.600. The number of benzene rings is 1. The van der Waals surface area contributed by atoms with Gasteiger partial charge >= 0.3 is 0 Å². The lowest BCUT2D eigenvalue weighted by atomic mass is 10.0. The van der Waals surface area contributed by atoms with Gasteiger partial charge in [0.2, 0.25) is 0 Å². The minimum Gasteiger partial charge on any atom is -0.379 e. The van der Waals surface area contributed by atoms with Crippen LogP contribution in [0.1, 0.15) is 24.1 Å². The Morgan fingerprint density at radius 2 is 2.00 bits per heavy atom. The van der Waals surface area contributed by atoms with Crippen LogP contribution in [-0.2, 0) is 4.74 Å². The van der Waals surface area contributed by atoms with E-state index in [4.69, 9.17) is 4.74 Å². The second-order valence-electron chi connectivity index (χ2n) is 4.99. The summed E-state index contributed by atoms with van der Waals surface area (Å²) in [6, 6.07) is 9.02. The van der Waals surface area contributed by atoms with Crippen molar-refractivity contribution in [1.29, 1.82) is 0 Å². The summed E-state index contributed by atoms with van der Waals surface area (Å²) < 4.78 is 5.35. The number of hydrogen-bond donors (Lipinski definition) is 1. The van der Waals surface area contributed by atoms with Crippen LogP contribution in [0.3, 0.4) is 0 Å². The van der Waals surface area contributed by atoms with Gasteiger partial charge in [-0.25, -0.2) is 0 Å². The molecule has 1 atom stereocenters. The van der Waals surface area contributed by atoms with Crippen LogP contribution in [0.25, 0.3) is 0 Å². The van der Waals surface area contributed by atoms with Crippen molar-refractivity contribution < 1.29 is 4.74 Å². The van der Waals surface area contributed by atoms with Crippen molar-refractivity contribution in [2.45, 2.75) is 19.9 Å². The van der Waals surface area contributed by atoms with Crippen LogP contribution in [0, 0.1) is 6.92 Å². The van der Waals surface area contributed by atoms with Crippen molar-refractivity contribution in [3.05, 3.63) is 35.4 Å². The molecule has 0 saturated carbocycles. The molecule has 0 unspecified atom stereocenters. The second kappa shape index (κ2) is 6.88. The van der Waals surface area contributed by atoms with E-state index in [0.717, 1.165) is 39.4 Å². The van der Waals surface area contributed by atoms with Crippen LogP contribution >= 0.6 is 0 Å². The molecule has 18 heavy (non-hydrogen) atoms. The van der Waals surface area contributed by atoms with Gasteiger partial charge in [0.15, 0.2) is 0 Å². The quantitative estimate of drug-likeness (QED) is 0.862. The van der Waals surface area contributed by atoms with E-state index in [1.807, 2.05) is 0 Å². The highest BCUT2D eigenvalue weighted by atomic mass is 16.5. The molecule has 0 amide bonds. The summed E-state index contributed by atoms with van der Waals surface area (Å²) in [5.74, 6) is 0. The zero-order chi connectivity index (χ0) is 12.8. The summed E-state index contributed by atoms with van der Waals surface area (Å²) in [4.78, 5) is 2.46. The minimum absolute atomic E-state index is 0.423. The Morgan fingerprint density at radius 3 is 2.72 bits per heavy atom. The summed E-state index contributed by atoms with van der Waals surface area (Å²) in [5, 5.41) is 3.60. The van der Waals surface area contributed by atoms with Crippen LogP contribution in [0.2, 0.25) is 0 Å². The van der Waals surface area contributed by atoms with Gasteiger partial charge < -0.3 is 10.1 Å². The van der Waals surface area contributed by atoms with E-state index >= 15 is 0 Å². The van der Waals surface area contributed by atoms with Crippen LogP contribution in [0.5, 0.6) is 0 Å². The predicted molar refractivity (Wildman–Crippen MR) is 74.9 cm³/mol. The van der Waals surface area contributed by atoms with Crippen molar-refractivity contribution in [3.8, 4) is 0 Å². The molecule has 0 radical (unpaired) electrons. The standard InChI is InChI=1S/C15H24N2O/c1-13-5-3-4-6-15(13)14(2)16-7-8-17-9-11-18-12-10-17/h3-6,14,16H,7-12H2,1-2H3/t14-/m0/s1.